The lowest BCUT2D eigenvalue weighted by Crippen LogP contribution is -2.41. The minimum Gasteiger partial charge on any atom is -0.378 e. The molecule has 0 N–H and O–H groups in total. The predicted octanol–water partition coefficient (Wildman–Crippen LogP) is 3.22. The average molecular weight is 377 g/mol. The van der Waals surface area contributed by atoms with Crippen molar-refractivity contribution >= 4 is 0 Å². The molecule has 6 heteroatoms. The molecule has 0 bridgehead atoms. The first-order chi connectivity index (χ1) is 12.8. The van der Waals surface area contributed by atoms with Gasteiger partial charge < -0.3 is 28.4 Å². The molecular formula is C20H40O6. The zero-order valence-electron chi connectivity index (χ0n) is 17.0. The second kappa shape index (κ2) is 16.9. The van der Waals surface area contributed by atoms with E-state index in [9.17, 15) is 0 Å². The highest BCUT2D eigenvalue weighted by molar-refractivity contribution is 4.74. The monoisotopic (exact) mass is 376 g/mol. The highest BCUT2D eigenvalue weighted by Gasteiger charge is 2.26. The van der Waals surface area contributed by atoms with Crippen molar-refractivity contribution in [2.45, 2.75) is 58.0 Å². The zero-order valence-corrected chi connectivity index (χ0v) is 17.0. The van der Waals surface area contributed by atoms with Crippen LogP contribution in [-0.4, -0.2) is 78.3 Å². The Morgan fingerprint density at radius 2 is 1.23 bits per heavy atom. The van der Waals surface area contributed by atoms with Crippen molar-refractivity contribution in [2.24, 2.45) is 0 Å². The van der Waals surface area contributed by atoms with Crippen molar-refractivity contribution in [1.82, 2.24) is 0 Å². The van der Waals surface area contributed by atoms with Gasteiger partial charge in [-0.1, -0.05) is 39.0 Å². The second-order valence-corrected chi connectivity index (χ2v) is 7.01. The van der Waals surface area contributed by atoms with E-state index in [1.165, 1.54) is 32.1 Å². The molecule has 0 aliphatic carbocycles. The van der Waals surface area contributed by atoms with Crippen molar-refractivity contribution in [1.29, 1.82) is 0 Å². The molecule has 6 nitrogen and oxygen atoms in total. The van der Waals surface area contributed by atoms with Crippen molar-refractivity contribution < 1.29 is 28.4 Å². The van der Waals surface area contributed by atoms with Crippen molar-refractivity contribution in [3.8, 4) is 0 Å². The predicted molar refractivity (Wildman–Crippen MR) is 102 cm³/mol. The largest absolute Gasteiger partial charge is 0.378 e. The lowest BCUT2D eigenvalue weighted by Gasteiger charge is -2.29. The standard InChI is InChI=1S/C20H40O6/c1-3-4-5-6-7-8-9-24-18-20(2)19-25-15-14-22-11-10-21-12-13-23-16-17-26-20/h3-19H2,1-2H3. The van der Waals surface area contributed by atoms with E-state index < -0.39 is 5.60 Å². The molecule has 1 heterocycles. The van der Waals surface area contributed by atoms with Crippen LogP contribution in [0.4, 0.5) is 0 Å². The summed E-state index contributed by atoms with van der Waals surface area (Å²) in [5, 5.41) is 0. The van der Waals surface area contributed by atoms with Gasteiger partial charge in [-0.25, -0.2) is 0 Å². The summed E-state index contributed by atoms with van der Waals surface area (Å²) in [5.41, 5.74) is -0.456. The van der Waals surface area contributed by atoms with E-state index in [4.69, 9.17) is 28.4 Å². The van der Waals surface area contributed by atoms with E-state index in [2.05, 4.69) is 6.92 Å². The van der Waals surface area contributed by atoms with Crippen LogP contribution in [0.5, 0.6) is 0 Å². The fraction of sp³-hybridized carbons (Fsp3) is 1.00. The molecule has 1 unspecified atom stereocenters. The molecule has 0 radical (unpaired) electrons. The third kappa shape index (κ3) is 13.9. The van der Waals surface area contributed by atoms with E-state index >= 15 is 0 Å². The fourth-order valence-electron chi connectivity index (χ4n) is 2.69. The van der Waals surface area contributed by atoms with Gasteiger partial charge in [0.25, 0.3) is 0 Å². The van der Waals surface area contributed by atoms with Crippen LogP contribution in [0.15, 0.2) is 0 Å². The Morgan fingerprint density at radius 3 is 1.88 bits per heavy atom. The molecule has 0 amide bonds. The van der Waals surface area contributed by atoms with Gasteiger partial charge in [-0.15, -0.1) is 0 Å². The van der Waals surface area contributed by atoms with E-state index in [0.29, 0.717) is 66.1 Å². The molecule has 156 valence electrons. The minimum absolute atomic E-state index is 0.456. The highest BCUT2D eigenvalue weighted by Crippen LogP contribution is 2.13. The van der Waals surface area contributed by atoms with Crippen molar-refractivity contribution in [3.63, 3.8) is 0 Å². The Kier molecular flexibility index (Phi) is 15.5. The molecule has 1 rings (SSSR count). The Balaban J connectivity index is 2.22. The first kappa shape index (κ1) is 23.8. The summed E-state index contributed by atoms with van der Waals surface area (Å²) < 4.78 is 34.0. The number of ether oxygens (including phenoxy) is 6. The van der Waals surface area contributed by atoms with Gasteiger partial charge in [0.1, 0.15) is 5.60 Å². The van der Waals surface area contributed by atoms with Gasteiger partial charge in [-0.3, -0.25) is 0 Å². The van der Waals surface area contributed by atoms with Gasteiger partial charge in [0, 0.05) is 6.61 Å². The summed E-state index contributed by atoms with van der Waals surface area (Å²) >= 11 is 0. The Bertz CT molecular complexity index is 284. The first-order valence-electron chi connectivity index (χ1n) is 10.3. The fourth-order valence-corrected chi connectivity index (χ4v) is 2.69. The zero-order chi connectivity index (χ0) is 18.8. The molecule has 1 atom stereocenters. The molecule has 0 spiro atoms. The Labute approximate surface area is 159 Å². The molecule has 1 fully saturated rings. The normalized spacial score (nSPS) is 24.7. The molecule has 0 aromatic heterocycles. The maximum Gasteiger partial charge on any atom is 0.112 e. The van der Waals surface area contributed by atoms with Crippen LogP contribution >= 0.6 is 0 Å². The quantitative estimate of drug-likeness (QED) is 0.576. The maximum absolute atomic E-state index is 6.01. The van der Waals surface area contributed by atoms with Crippen LogP contribution in [0.1, 0.15) is 52.4 Å². The van der Waals surface area contributed by atoms with Gasteiger partial charge in [0.2, 0.25) is 0 Å². The Morgan fingerprint density at radius 1 is 0.692 bits per heavy atom. The smallest absolute Gasteiger partial charge is 0.112 e. The third-order valence-corrected chi connectivity index (χ3v) is 4.25. The van der Waals surface area contributed by atoms with Gasteiger partial charge in [-0.05, 0) is 13.3 Å². The summed E-state index contributed by atoms with van der Waals surface area (Å²) in [6.07, 6.45) is 7.60. The van der Waals surface area contributed by atoms with E-state index in [-0.39, 0.29) is 0 Å². The van der Waals surface area contributed by atoms with Crippen LogP contribution in [0.25, 0.3) is 0 Å². The van der Waals surface area contributed by atoms with Crippen LogP contribution in [0.2, 0.25) is 0 Å². The lowest BCUT2D eigenvalue weighted by atomic mass is 10.1. The molecule has 0 aromatic rings. The molecule has 1 saturated heterocycles. The van der Waals surface area contributed by atoms with Crippen molar-refractivity contribution in [2.75, 3.05) is 72.7 Å². The molecule has 1 aliphatic rings. The Hall–Kier alpha value is -0.240. The van der Waals surface area contributed by atoms with E-state index in [0.717, 1.165) is 13.0 Å². The molecule has 26 heavy (non-hydrogen) atoms. The molecular weight excluding hydrogens is 336 g/mol. The number of hydrogen-bond acceptors (Lipinski definition) is 6. The molecule has 1 aliphatic heterocycles. The van der Waals surface area contributed by atoms with E-state index in [1.807, 2.05) is 6.92 Å². The van der Waals surface area contributed by atoms with Crippen molar-refractivity contribution in [3.05, 3.63) is 0 Å². The van der Waals surface area contributed by atoms with Gasteiger partial charge >= 0.3 is 0 Å². The average Bonchev–Trinajstić information content (AvgIpc) is 2.64. The molecule has 0 saturated carbocycles. The molecule has 0 aromatic carbocycles. The van der Waals surface area contributed by atoms with E-state index in [1.54, 1.807) is 0 Å². The number of rotatable bonds is 9. The summed E-state index contributed by atoms with van der Waals surface area (Å²) in [7, 11) is 0. The SMILES string of the molecule is CCCCCCCCOCC1(C)COCCOCCOCCOCCO1. The minimum atomic E-state index is -0.456. The second-order valence-electron chi connectivity index (χ2n) is 7.01. The first-order valence-corrected chi connectivity index (χ1v) is 10.3. The summed E-state index contributed by atoms with van der Waals surface area (Å²) in [6, 6.07) is 0. The number of unbranched alkanes of at least 4 members (excludes halogenated alkanes) is 5. The lowest BCUT2D eigenvalue weighted by molar-refractivity contribution is -0.137. The van der Waals surface area contributed by atoms with Crippen LogP contribution in [0.3, 0.4) is 0 Å². The maximum atomic E-state index is 6.01. The summed E-state index contributed by atoms with van der Waals surface area (Å²) in [6.45, 7) is 10.6. The number of hydrogen-bond donors (Lipinski definition) is 0. The van der Waals surface area contributed by atoms with Gasteiger partial charge in [0.15, 0.2) is 0 Å². The third-order valence-electron chi connectivity index (χ3n) is 4.25. The highest BCUT2D eigenvalue weighted by atomic mass is 16.6. The van der Waals surface area contributed by atoms with Gasteiger partial charge in [0.05, 0.1) is 66.1 Å². The summed E-state index contributed by atoms with van der Waals surface area (Å²) in [4.78, 5) is 0. The van der Waals surface area contributed by atoms with Crippen LogP contribution in [-0.2, 0) is 28.4 Å². The van der Waals surface area contributed by atoms with Gasteiger partial charge in [-0.2, -0.15) is 0 Å². The summed E-state index contributed by atoms with van der Waals surface area (Å²) in [5.74, 6) is 0. The van der Waals surface area contributed by atoms with Crippen LogP contribution < -0.4 is 0 Å². The van der Waals surface area contributed by atoms with Crippen LogP contribution in [0, 0.1) is 0 Å². The topological polar surface area (TPSA) is 55.4 Å².